The summed E-state index contributed by atoms with van der Waals surface area (Å²) in [6.45, 7) is 0. The van der Waals surface area contributed by atoms with E-state index in [4.69, 9.17) is 4.74 Å². The molecule has 3 aromatic carbocycles. The molecule has 0 bridgehead atoms. The van der Waals surface area contributed by atoms with Crippen LogP contribution >= 0.6 is 0 Å². The van der Waals surface area contributed by atoms with E-state index in [2.05, 4.69) is 0 Å². The van der Waals surface area contributed by atoms with Crippen molar-refractivity contribution >= 4 is 10.9 Å². The minimum absolute atomic E-state index is 0.541. The lowest BCUT2D eigenvalue weighted by molar-refractivity contribution is -0.137. The average Bonchev–Trinajstić information content (AvgIpc) is 3.07. The number of rotatable bonds is 3. The third-order valence-electron chi connectivity index (χ3n) is 4.53. The standard InChI is InChI=1S/C22H16F3NO/c1-27-19-10-8-18(9-11-19)26-20-12-7-17(22(23,24)25)13-16(20)14-21(26)15-5-3-2-4-6-15/h2-14H,1H3. The van der Waals surface area contributed by atoms with Gasteiger partial charge in [0.1, 0.15) is 5.75 Å². The lowest BCUT2D eigenvalue weighted by Gasteiger charge is -2.12. The first-order valence-corrected chi connectivity index (χ1v) is 8.40. The molecule has 4 rings (SSSR count). The van der Waals surface area contributed by atoms with E-state index < -0.39 is 11.7 Å². The summed E-state index contributed by atoms with van der Waals surface area (Å²) in [5.41, 5.74) is 2.67. The van der Waals surface area contributed by atoms with Crippen LogP contribution in [0.1, 0.15) is 5.56 Å². The van der Waals surface area contributed by atoms with Gasteiger partial charge < -0.3 is 9.30 Å². The van der Waals surface area contributed by atoms with Crippen LogP contribution in [0.25, 0.3) is 27.8 Å². The van der Waals surface area contributed by atoms with E-state index in [1.165, 1.54) is 12.1 Å². The van der Waals surface area contributed by atoms with Gasteiger partial charge in [0.25, 0.3) is 0 Å². The van der Waals surface area contributed by atoms with E-state index in [1.807, 2.05) is 59.2 Å². The van der Waals surface area contributed by atoms with Crippen molar-refractivity contribution in [1.82, 2.24) is 4.57 Å². The van der Waals surface area contributed by atoms with Gasteiger partial charge in [0, 0.05) is 11.1 Å². The van der Waals surface area contributed by atoms with Crippen LogP contribution in [0, 0.1) is 0 Å². The maximum absolute atomic E-state index is 13.1. The van der Waals surface area contributed by atoms with Crippen molar-refractivity contribution in [2.45, 2.75) is 6.18 Å². The highest BCUT2D eigenvalue weighted by Crippen LogP contribution is 2.36. The molecule has 0 aliphatic carbocycles. The number of aromatic nitrogens is 1. The highest BCUT2D eigenvalue weighted by molar-refractivity contribution is 5.89. The molecular formula is C22H16F3NO. The summed E-state index contributed by atoms with van der Waals surface area (Å²) >= 11 is 0. The van der Waals surface area contributed by atoms with Crippen molar-refractivity contribution in [2.75, 3.05) is 7.11 Å². The van der Waals surface area contributed by atoms with Crippen molar-refractivity contribution in [1.29, 1.82) is 0 Å². The molecule has 0 aliphatic rings. The van der Waals surface area contributed by atoms with Gasteiger partial charge in [0.05, 0.1) is 23.9 Å². The summed E-state index contributed by atoms with van der Waals surface area (Å²) < 4.78 is 46.6. The van der Waals surface area contributed by atoms with E-state index in [0.717, 1.165) is 28.8 Å². The molecule has 27 heavy (non-hydrogen) atoms. The fraction of sp³-hybridized carbons (Fsp3) is 0.0909. The molecular weight excluding hydrogens is 351 g/mol. The van der Waals surface area contributed by atoms with Gasteiger partial charge in [-0.15, -0.1) is 0 Å². The Balaban J connectivity index is 1.98. The van der Waals surface area contributed by atoms with E-state index in [-0.39, 0.29) is 0 Å². The fourth-order valence-electron chi connectivity index (χ4n) is 3.22. The van der Waals surface area contributed by atoms with Gasteiger partial charge >= 0.3 is 6.18 Å². The number of hydrogen-bond donors (Lipinski definition) is 0. The fourth-order valence-corrected chi connectivity index (χ4v) is 3.22. The highest BCUT2D eigenvalue weighted by atomic mass is 19.4. The molecule has 0 aliphatic heterocycles. The van der Waals surface area contributed by atoms with E-state index in [9.17, 15) is 13.2 Å². The van der Waals surface area contributed by atoms with E-state index in [1.54, 1.807) is 13.2 Å². The van der Waals surface area contributed by atoms with Crippen LogP contribution in [0.3, 0.4) is 0 Å². The van der Waals surface area contributed by atoms with Gasteiger partial charge in [-0.3, -0.25) is 0 Å². The predicted octanol–water partition coefficient (Wildman–Crippen LogP) is 6.32. The Bertz CT molecular complexity index is 1080. The van der Waals surface area contributed by atoms with Gasteiger partial charge in [-0.2, -0.15) is 13.2 Å². The zero-order valence-corrected chi connectivity index (χ0v) is 14.5. The van der Waals surface area contributed by atoms with Crippen molar-refractivity contribution < 1.29 is 17.9 Å². The predicted molar refractivity (Wildman–Crippen MR) is 100 cm³/mol. The van der Waals surface area contributed by atoms with Crippen molar-refractivity contribution in [3.8, 4) is 22.7 Å². The monoisotopic (exact) mass is 367 g/mol. The maximum Gasteiger partial charge on any atom is 0.416 e. The number of fused-ring (bicyclic) bond motifs is 1. The topological polar surface area (TPSA) is 14.2 Å². The number of halogens is 3. The number of alkyl halides is 3. The van der Waals surface area contributed by atoms with Crippen LogP contribution < -0.4 is 4.74 Å². The van der Waals surface area contributed by atoms with Crippen molar-refractivity contribution in [3.63, 3.8) is 0 Å². The Hall–Kier alpha value is -3.21. The second kappa shape index (κ2) is 6.50. The summed E-state index contributed by atoms with van der Waals surface area (Å²) in [4.78, 5) is 0. The van der Waals surface area contributed by atoms with E-state index >= 15 is 0 Å². The number of nitrogens with zero attached hydrogens (tertiary/aromatic N) is 1. The molecule has 4 aromatic rings. The van der Waals surface area contributed by atoms with Gasteiger partial charge in [0.2, 0.25) is 0 Å². The van der Waals surface area contributed by atoms with Crippen molar-refractivity contribution in [2.24, 2.45) is 0 Å². The number of hydrogen-bond acceptors (Lipinski definition) is 1. The summed E-state index contributed by atoms with van der Waals surface area (Å²) in [6.07, 6.45) is -4.37. The number of ether oxygens (including phenoxy) is 1. The van der Waals surface area contributed by atoms with Crippen LogP contribution in [0.4, 0.5) is 13.2 Å². The van der Waals surface area contributed by atoms with Gasteiger partial charge in [-0.1, -0.05) is 30.3 Å². The maximum atomic E-state index is 13.1. The molecule has 1 heterocycles. The third-order valence-corrected chi connectivity index (χ3v) is 4.53. The molecule has 2 nitrogen and oxygen atoms in total. The molecule has 1 aromatic heterocycles. The van der Waals surface area contributed by atoms with Crippen LogP contribution in [0.2, 0.25) is 0 Å². The quantitative estimate of drug-likeness (QED) is 0.413. The summed E-state index contributed by atoms with van der Waals surface area (Å²) in [5, 5.41) is 0.541. The van der Waals surface area contributed by atoms with Crippen LogP contribution in [-0.4, -0.2) is 11.7 Å². The Kier molecular flexibility index (Phi) is 4.15. The van der Waals surface area contributed by atoms with Crippen LogP contribution in [0.15, 0.2) is 78.9 Å². The minimum Gasteiger partial charge on any atom is -0.497 e. The molecule has 0 saturated heterocycles. The smallest absolute Gasteiger partial charge is 0.416 e. The zero-order valence-electron chi connectivity index (χ0n) is 14.5. The van der Waals surface area contributed by atoms with Crippen molar-refractivity contribution in [3.05, 3.63) is 84.4 Å². The minimum atomic E-state index is -4.37. The molecule has 0 fully saturated rings. The molecule has 0 atom stereocenters. The Morgan fingerprint density at radius 2 is 1.52 bits per heavy atom. The normalized spacial score (nSPS) is 11.7. The molecule has 136 valence electrons. The molecule has 5 heteroatoms. The first-order chi connectivity index (χ1) is 13.0. The Morgan fingerprint density at radius 1 is 0.815 bits per heavy atom. The largest absolute Gasteiger partial charge is 0.497 e. The first kappa shape index (κ1) is 17.2. The average molecular weight is 367 g/mol. The Labute approximate surface area is 154 Å². The summed E-state index contributed by atoms with van der Waals surface area (Å²) in [7, 11) is 1.59. The van der Waals surface area contributed by atoms with E-state index in [0.29, 0.717) is 10.9 Å². The summed E-state index contributed by atoms with van der Waals surface area (Å²) in [6, 6.07) is 22.7. The van der Waals surface area contributed by atoms with Crippen LogP contribution in [0.5, 0.6) is 5.75 Å². The highest BCUT2D eigenvalue weighted by Gasteiger charge is 2.31. The number of benzene rings is 3. The molecule has 0 radical (unpaired) electrons. The van der Waals surface area contributed by atoms with Gasteiger partial charge in [-0.05, 0) is 54.1 Å². The molecule has 0 N–H and O–H groups in total. The molecule has 0 saturated carbocycles. The zero-order chi connectivity index (χ0) is 19.0. The lowest BCUT2D eigenvalue weighted by Crippen LogP contribution is -2.04. The second-order valence-corrected chi connectivity index (χ2v) is 6.20. The first-order valence-electron chi connectivity index (χ1n) is 8.40. The van der Waals surface area contributed by atoms with Gasteiger partial charge in [-0.25, -0.2) is 0 Å². The molecule has 0 amide bonds. The summed E-state index contributed by atoms with van der Waals surface area (Å²) in [5.74, 6) is 0.718. The van der Waals surface area contributed by atoms with Gasteiger partial charge in [0.15, 0.2) is 0 Å². The number of methoxy groups -OCH3 is 1. The third kappa shape index (κ3) is 3.16. The second-order valence-electron chi connectivity index (χ2n) is 6.20. The van der Waals surface area contributed by atoms with Crippen LogP contribution in [-0.2, 0) is 6.18 Å². The Morgan fingerprint density at radius 3 is 2.15 bits per heavy atom. The lowest BCUT2D eigenvalue weighted by atomic mass is 10.1. The molecule has 0 unspecified atom stereocenters. The molecule has 0 spiro atoms. The SMILES string of the molecule is COc1ccc(-n2c(-c3ccccc3)cc3cc(C(F)(F)F)ccc32)cc1.